The van der Waals surface area contributed by atoms with Crippen molar-refractivity contribution in [3.05, 3.63) is 60.2 Å². The zero-order valence-corrected chi connectivity index (χ0v) is 15.1. The SMILES string of the molecule is c1cncc(CN2CCO[C@]3(COCCN(Cc4ccncc4)C3)C2)c1. The van der Waals surface area contributed by atoms with Crippen molar-refractivity contribution in [3.63, 3.8) is 0 Å². The summed E-state index contributed by atoms with van der Waals surface area (Å²) < 4.78 is 12.2. The van der Waals surface area contributed by atoms with Gasteiger partial charge in [-0.15, -0.1) is 0 Å². The lowest BCUT2D eigenvalue weighted by molar-refractivity contribution is -0.143. The summed E-state index contributed by atoms with van der Waals surface area (Å²) in [5, 5.41) is 0. The fourth-order valence-electron chi connectivity index (χ4n) is 3.86. The quantitative estimate of drug-likeness (QED) is 0.831. The molecule has 0 saturated carbocycles. The van der Waals surface area contributed by atoms with Crippen molar-refractivity contribution in [2.45, 2.75) is 18.7 Å². The van der Waals surface area contributed by atoms with E-state index in [2.05, 4.69) is 38.0 Å². The van der Waals surface area contributed by atoms with Crippen molar-refractivity contribution in [1.82, 2.24) is 19.8 Å². The fourth-order valence-corrected chi connectivity index (χ4v) is 3.86. The Hall–Kier alpha value is -1.86. The average Bonchev–Trinajstić information content (AvgIpc) is 2.85. The first-order valence-electron chi connectivity index (χ1n) is 9.26. The van der Waals surface area contributed by atoms with Crippen LogP contribution in [0.4, 0.5) is 0 Å². The van der Waals surface area contributed by atoms with Crippen LogP contribution < -0.4 is 0 Å². The molecular formula is C20H26N4O2. The highest BCUT2D eigenvalue weighted by molar-refractivity contribution is 5.11. The Labute approximate surface area is 154 Å². The summed E-state index contributed by atoms with van der Waals surface area (Å²) in [6, 6.07) is 8.29. The Kier molecular flexibility index (Phi) is 5.55. The Morgan fingerprint density at radius 2 is 1.65 bits per heavy atom. The number of pyridine rings is 2. The van der Waals surface area contributed by atoms with Crippen molar-refractivity contribution in [3.8, 4) is 0 Å². The number of hydrogen-bond acceptors (Lipinski definition) is 6. The maximum absolute atomic E-state index is 6.29. The highest BCUT2D eigenvalue weighted by atomic mass is 16.5. The molecule has 0 unspecified atom stereocenters. The van der Waals surface area contributed by atoms with Gasteiger partial charge in [-0.05, 0) is 29.3 Å². The second kappa shape index (κ2) is 8.22. The number of rotatable bonds is 4. The molecular weight excluding hydrogens is 328 g/mol. The topological polar surface area (TPSA) is 50.7 Å². The number of ether oxygens (including phenoxy) is 2. The zero-order valence-electron chi connectivity index (χ0n) is 15.1. The van der Waals surface area contributed by atoms with Gasteiger partial charge < -0.3 is 9.47 Å². The molecule has 26 heavy (non-hydrogen) atoms. The molecule has 1 spiro atoms. The van der Waals surface area contributed by atoms with E-state index >= 15 is 0 Å². The molecule has 2 aromatic rings. The molecule has 0 aliphatic carbocycles. The van der Waals surface area contributed by atoms with Crippen LogP contribution in [0.15, 0.2) is 49.1 Å². The lowest BCUT2D eigenvalue weighted by Crippen LogP contribution is -2.58. The predicted molar refractivity (Wildman–Crippen MR) is 98.5 cm³/mol. The lowest BCUT2D eigenvalue weighted by atomic mass is 10.0. The summed E-state index contributed by atoms with van der Waals surface area (Å²) in [6.07, 6.45) is 7.47. The molecule has 1 atom stereocenters. The van der Waals surface area contributed by atoms with Gasteiger partial charge in [-0.3, -0.25) is 19.8 Å². The van der Waals surface area contributed by atoms with Gasteiger partial charge in [0.05, 0.1) is 19.8 Å². The van der Waals surface area contributed by atoms with Gasteiger partial charge in [-0.2, -0.15) is 0 Å². The van der Waals surface area contributed by atoms with Crippen molar-refractivity contribution in [2.24, 2.45) is 0 Å². The van der Waals surface area contributed by atoms with Crippen LogP contribution >= 0.6 is 0 Å². The Bertz CT molecular complexity index is 685. The third kappa shape index (κ3) is 4.45. The van der Waals surface area contributed by atoms with Gasteiger partial charge in [-0.25, -0.2) is 0 Å². The van der Waals surface area contributed by atoms with Crippen molar-refractivity contribution < 1.29 is 9.47 Å². The molecule has 6 nitrogen and oxygen atoms in total. The van der Waals surface area contributed by atoms with Gasteiger partial charge in [0.25, 0.3) is 0 Å². The Morgan fingerprint density at radius 1 is 0.885 bits per heavy atom. The van der Waals surface area contributed by atoms with Gasteiger partial charge >= 0.3 is 0 Å². The molecule has 2 aliphatic rings. The number of aromatic nitrogens is 2. The van der Waals surface area contributed by atoms with Crippen LogP contribution in [0, 0.1) is 0 Å². The summed E-state index contributed by atoms with van der Waals surface area (Å²) in [6.45, 7) is 7.60. The normalized spacial score (nSPS) is 25.2. The second-order valence-electron chi connectivity index (χ2n) is 7.22. The smallest absolute Gasteiger partial charge is 0.117 e. The van der Waals surface area contributed by atoms with Gasteiger partial charge in [0.15, 0.2) is 0 Å². The van der Waals surface area contributed by atoms with E-state index in [4.69, 9.17) is 9.47 Å². The minimum atomic E-state index is -0.260. The molecule has 2 fully saturated rings. The molecule has 0 amide bonds. The van der Waals surface area contributed by atoms with E-state index in [-0.39, 0.29) is 5.60 Å². The molecule has 2 aliphatic heterocycles. The number of hydrogen-bond donors (Lipinski definition) is 0. The molecule has 0 bridgehead atoms. The lowest BCUT2D eigenvalue weighted by Gasteiger charge is -2.43. The summed E-state index contributed by atoms with van der Waals surface area (Å²) in [4.78, 5) is 13.2. The summed E-state index contributed by atoms with van der Waals surface area (Å²) in [7, 11) is 0. The van der Waals surface area contributed by atoms with Crippen LogP contribution in [0.2, 0.25) is 0 Å². The summed E-state index contributed by atoms with van der Waals surface area (Å²) >= 11 is 0. The van der Waals surface area contributed by atoms with Crippen molar-refractivity contribution in [1.29, 1.82) is 0 Å². The van der Waals surface area contributed by atoms with E-state index in [1.54, 1.807) is 0 Å². The molecule has 0 N–H and O–H groups in total. The number of morpholine rings is 1. The van der Waals surface area contributed by atoms with Crippen LogP contribution in [0.1, 0.15) is 11.1 Å². The largest absolute Gasteiger partial charge is 0.377 e. The van der Waals surface area contributed by atoms with E-state index < -0.39 is 0 Å². The molecule has 138 valence electrons. The van der Waals surface area contributed by atoms with Crippen LogP contribution in [0.3, 0.4) is 0 Å². The third-order valence-corrected chi connectivity index (χ3v) is 5.04. The van der Waals surface area contributed by atoms with Crippen LogP contribution in [-0.4, -0.2) is 71.4 Å². The predicted octanol–water partition coefficient (Wildman–Crippen LogP) is 1.58. The minimum Gasteiger partial charge on any atom is -0.377 e. The van der Waals surface area contributed by atoms with Gasteiger partial charge in [0.1, 0.15) is 5.60 Å². The molecule has 4 heterocycles. The minimum absolute atomic E-state index is 0.260. The Balaban J connectivity index is 1.43. The van der Waals surface area contributed by atoms with Crippen LogP contribution in [0.25, 0.3) is 0 Å². The van der Waals surface area contributed by atoms with E-state index in [9.17, 15) is 0 Å². The molecule has 0 aromatic carbocycles. The van der Waals surface area contributed by atoms with Crippen molar-refractivity contribution in [2.75, 3.05) is 46.0 Å². The average molecular weight is 354 g/mol. The molecule has 2 saturated heterocycles. The first-order chi connectivity index (χ1) is 12.8. The van der Waals surface area contributed by atoms with Crippen LogP contribution in [0.5, 0.6) is 0 Å². The summed E-state index contributed by atoms with van der Waals surface area (Å²) in [5.41, 5.74) is 2.26. The highest BCUT2D eigenvalue weighted by Crippen LogP contribution is 2.24. The monoisotopic (exact) mass is 354 g/mol. The van der Waals surface area contributed by atoms with Crippen LogP contribution in [-0.2, 0) is 22.6 Å². The Morgan fingerprint density at radius 3 is 2.42 bits per heavy atom. The third-order valence-electron chi connectivity index (χ3n) is 5.04. The zero-order chi connectivity index (χ0) is 17.7. The first-order valence-corrected chi connectivity index (χ1v) is 9.26. The molecule has 2 aromatic heterocycles. The van der Waals surface area contributed by atoms with Gasteiger partial charge in [-0.1, -0.05) is 6.07 Å². The van der Waals surface area contributed by atoms with Gasteiger partial charge in [0, 0.05) is 64.1 Å². The standard InChI is InChI=1S/C20H26N4O2/c1-2-19(12-22-5-1)14-24-9-11-26-20(16-24)15-23(8-10-25-17-20)13-18-3-6-21-7-4-18/h1-7,12H,8-11,13-17H2/t20-/m0/s1. The maximum atomic E-state index is 6.29. The van der Waals surface area contributed by atoms with E-state index in [0.717, 1.165) is 52.5 Å². The molecule has 4 rings (SSSR count). The maximum Gasteiger partial charge on any atom is 0.117 e. The summed E-state index contributed by atoms with van der Waals surface area (Å²) in [5.74, 6) is 0. The fraction of sp³-hybridized carbons (Fsp3) is 0.500. The van der Waals surface area contributed by atoms with E-state index in [1.165, 1.54) is 11.1 Å². The van der Waals surface area contributed by atoms with E-state index in [0.29, 0.717) is 6.61 Å². The number of nitrogens with zero attached hydrogens (tertiary/aromatic N) is 4. The highest BCUT2D eigenvalue weighted by Gasteiger charge is 2.40. The first kappa shape index (κ1) is 17.5. The molecule has 6 heteroatoms. The molecule has 0 radical (unpaired) electrons. The van der Waals surface area contributed by atoms with E-state index in [1.807, 2.05) is 30.9 Å². The van der Waals surface area contributed by atoms with Gasteiger partial charge in [0.2, 0.25) is 0 Å². The second-order valence-corrected chi connectivity index (χ2v) is 7.22. The van der Waals surface area contributed by atoms with Crippen molar-refractivity contribution >= 4 is 0 Å².